The Hall–Kier alpha value is -1.98. The van der Waals surface area contributed by atoms with Gasteiger partial charge >= 0.3 is 0 Å². The molecule has 0 saturated carbocycles. The number of nitrogens with one attached hydrogen (secondary N) is 1. The van der Waals surface area contributed by atoms with Crippen LogP contribution in [0.15, 0.2) is 36.4 Å². The van der Waals surface area contributed by atoms with E-state index in [1.165, 1.54) is 11.6 Å². The van der Waals surface area contributed by atoms with Gasteiger partial charge in [0.25, 0.3) is 0 Å². The Balaban J connectivity index is 0.000000328. The monoisotopic (exact) mass is 275 g/mol. The van der Waals surface area contributed by atoms with Crippen molar-refractivity contribution in [2.45, 2.75) is 31.6 Å². The normalized spacial score (nSPS) is 30.0. The summed E-state index contributed by atoms with van der Waals surface area (Å²) < 4.78 is 0. The number of ketones is 1. The first kappa shape index (κ1) is 14.4. The SMILES string of the molecule is C=C(C)C.O=C1CC2(O)c3ccccc3C(=O)C2(O)N1. The molecule has 0 spiro atoms. The van der Waals surface area contributed by atoms with Gasteiger partial charge < -0.3 is 15.5 Å². The Bertz CT molecular complexity index is 606. The lowest BCUT2D eigenvalue weighted by Gasteiger charge is -2.28. The molecule has 1 amide bonds. The van der Waals surface area contributed by atoms with E-state index in [1.54, 1.807) is 18.2 Å². The minimum atomic E-state index is -2.20. The first-order valence-corrected chi connectivity index (χ1v) is 6.24. The quantitative estimate of drug-likeness (QED) is 0.613. The maximum Gasteiger partial charge on any atom is 0.237 e. The van der Waals surface area contributed by atoms with Crippen molar-refractivity contribution < 1.29 is 19.8 Å². The number of carbonyl (C=O) groups is 2. The molecule has 1 aliphatic carbocycles. The maximum absolute atomic E-state index is 11.9. The van der Waals surface area contributed by atoms with Crippen molar-refractivity contribution in [1.82, 2.24) is 5.32 Å². The van der Waals surface area contributed by atoms with Crippen molar-refractivity contribution in [3.8, 4) is 0 Å². The molecule has 1 aromatic rings. The lowest BCUT2D eigenvalue weighted by Crippen LogP contribution is -2.56. The molecule has 1 saturated heterocycles. The van der Waals surface area contributed by atoms with Gasteiger partial charge in [0.2, 0.25) is 17.4 Å². The topological polar surface area (TPSA) is 86.6 Å². The van der Waals surface area contributed by atoms with Crippen molar-refractivity contribution in [3.63, 3.8) is 0 Å². The van der Waals surface area contributed by atoms with Crippen LogP contribution in [-0.2, 0) is 10.4 Å². The molecular formula is C15H17NO4. The van der Waals surface area contributed by atoms with E-state index in [4.69, 9.17) is 0 Å². The standard InChI is InChI=1S/C11H9NO4.C4H8/c13-8-5-10(15)7-4-2-1-3-6(7)9(14)11(10,16)12-8;1-4(2)3/h1-4,15-16H,5H2,(H,12,13);1H2,2-3H3. The Morgan fingerprint density at radius 1 is 1.25 bits per heavy atom. The van der Waals surface area contributed by atoms with Gasteiger partial charge in [-0.2, -0.15) is 0 Å². The summed E-state index contributed by atoms with van der Waals surface area (Å²) in [7, 11) is 0. The molecule has 5 heteroatoms. The van der Waals surface area contributed by atoms with Crippen LogP contribution < -0.4 is 5.32 Å². The van der Waals surface area contributed by atoms with Crippen LogP contribution in [-0.4, -0.2) is 27.6 Å². The van der Waals surface area contributed by atoms with Gasteiger partial charge in [0.15, 0.2) is 5.60 Å². The second kappa shape index (κ2) is 4.54. The molecule has 1 aliphatic heterocycles. The van der Waals surface area contributed by atoms with E-state index in [1.807, 2.05) is 13.8 Å². The average Bonchev–Trinajstić information content (AvgIpc) is 2.67. The van der Waals surface area contributed by atoms with Gasteiger partial charge in [0.05, 0.1) is 6.42 Å². The summed E-state index contributed by atoms with van der Waals surface area (Å²) in [5.41, 5.74) is -2.31. The highest BCUT2D eigenvalue weighted by Gasteiger charge is 2.67. The highest BCUT2D eigenvalue weighted by atomic mass is 16.4. The van der Waals surface area contributed by atoms with Crippen molar-refractivity contribution in [2.75, 3.05) is 0 Å². The lowest BCUT2D eigenvalue weighted by atomic mass is 9.90. The fourth-order valence-corrected chi connectivity index (χ4v) is 2.48. The fourth-order valence-electron chi connectivity index (χ4n) is 2.48. The largest absolute Gasteiger partial charge is 0.379 e. The van der Waals surface area contributed by atoms with E-state index in [-0.39, 0.29) is 12.0 Å². The van der Waals surface area contributed by atoms with E-state index in [2.05, 4.69) is 11.9 Å². The molecule has 3 N–H and O–H groups in total. The number of amides is 1. The van der Waals surface area contributed by atoms with E-state index < -0.39 is 23.0 Å². The number of fused-ring (bicyclic) bond motifs is 3. The first-order valence-electron chi connectivity index (χ1n) is 6.24. The van der Waals surface area contributed by atoms with Gasteiger partial charge in [-0.15, -0.1) is 6.58 Å². The number of hydrogen-bond donors (Lipinski definition) is 3. The zero-order valence-corrected chi connectivity index (χ0v) is 11.4. The fraction of sp³-hybridized carbons (Fsp3) is 0.333. The summed E-state index contributed by atoms with van der Waals surface area (Å²) in [6, 6.07) is 6.37. The van der Waals surface area contributed by atoms with Crippen molar-refractivity contribution in [3.05, 3.63) is 47.5 Å². The minimum absolute atomic E-state index is 0.257. The minimum Gasteiger partial charge on any atom is -0.379 e. The lowest BCUT2D eigenvalue weighted by molar-refractivity contribution is -0.121. The zero-order chi connectivity index (χ0) is 15.1. The van der Waals surface area contributed by atoms with Gasteiger partial charge in [-0.3, -0.25) is 9.59 Å². The molecule has 1 aromatic carbocycles. The molecule has 20 heavy (non-hydrogen) atoms. The molecule has 1 fully saturated rings. The van der Waals surface area contributed by atoms with Crippen molar-refractivity contribution in [2.24, 2.45) is 0 Å². The van der Waals surface area contributed by atoms with Crippen molar-refractivity contribution in [1.29, 1.82) is 0 Å². The smallest absolute Gasteiger partial charge is 0.237 e. The van der Waals surface area contributed by atoms with E-state index in [0.29, 0.717) is 5.56 Å². The number of benzene rings is 1. The Morgan fingerprint density at radius 3 is 2.40 bits per heavy atom. The van der Waals surface area contributed by atoms with Gasteiger partial charge in [0, 0.05) is 11.1 Å². The average molecular weight is 275 g/mol. The van der Waals surface area contributed by atoms with E-state index in [0.717, 1.165) is 0 Å². The molecule has 106 valence electrons. The molecule has 2 aliphatic rings. The van der Waals surface area contributed by atoms with Gasteiger partial charge in [-0.1, -0.05) is 29.8 Å². The number of rotatable bonds is 0. The third kappa shape index (κ3) is 1.87. The summed E-state index contributed by atoms with van der Waals surface area (Å²) in [6.45, 7) is 7.50. The summed E-state index contributed by atoms with van der Waals surface area (Å²) in [6.07, 6.45) is -0.299. The number of allylic oxidation sites excluding steroid dienone is 1. The number of carbonyl (C=O) groups excluding carboxylic acids is 2. The highest BCUT2D eigenvalue weighted by molar-refractivity contribution is 6.12. The zero-order valence-electron chi connectivity index (χ0n) is 11.4. The molecule has 0 bridgehead atoms. The van der Waals surface area contributed by atoms with Crippen LogP contribution in [0.3, 0.4) is 0 Å². The Morgan fingerprint density at radius 2 is 1.80 bits per heavy atom. The Labute approximate surface area is 116 Å². The van der Waals surface area contributed by atoms with Gasteiger partial charge in [-0.25, -0.2) is 0 Å². The third-order valence-electron chi connectivity index (χ3n) is 3.28. The van der Waals surface area contributed by atoms with Gasteiger partial charge in [0.1, 0.15) is 0 Å². The van der Waals surface area contributed by atoms with Crippen LogP contribution in [0.4, 0.5) is 0 Å². The summed E-state index contributed by atoms with van der Waals surface area (Å²) >= 11 is 0. The van der Waals surface area contributed by atoms with Crippen LogP contribution in [0.5, 0.6) is 0 Å². The summed E-state index contributed by atoms with van der Waals surface area (Å²) in [5.74, 6) is -1.19. The van der Waals surface area contributed by atoms with Gasteiger partial charge in [-0.05, 0) is 13.8 Å². The molecular weight excluding hydrogens is 258 g/mol. The molecule has 2 atom stereocenters. The molecule has 5 nitrogen and oxygen atoms in total. The van der Waals surface area contributed by atoms with Crippen molar-refractivity contribution >= 4 is 11.7 Å². The molecule has 1 heterocycles. The highest BCUT2D eigenvalue weighted by Crippen LogP contribution is 2.48. The number of aliphatic hydroxyl groups is 2. The molecule has 2 unspecified atom stereocenters. The molecule has 3 rings (SSSR count). The van der Waals surface area contributed by atoms with E-state index >= 15 is 0 Å². The van der Waals surface area contributed by atoms with E-state index in [9.17, 15) is 19.8 Å². The molecule has 0 aromatic heterocycles. The summed E-state index contributed by atoms with van der Waals surface area (Å²) in [5, 5.41) is 22.6. The van der Waals surface area contributed by atoms with Crippen LogP contribution in [0.1, 0.15) is 36.2 Å². The van der Waals surface area contributed by atoms with Crippen LogP contribution >= 0.6 is 0 Å². The van der Waals surface area contributed by atoms with Crippen LogP contribution in [0.25, 0.3) is 0 Å². The first-order chi connectivity index (χ1) is 9.22. The number of Topliss-reactive ketones (excluding diaryl/α,β-unsaturated/α-hetero) is 1. The van der Waals surface area contributed by atoms with Crippen LogP contribution in [0, 0.1) is 0 Å². The molecule has 0 radical (unpaired) electrons. The second-order valence-corrected chi connectivity index (χ2v) is 5.38. The predicted molar refractivity (Wildman–Crippen MR) is 72.9 cm³/mol. The second-order valence-electron chi connectivity index (χ2n) is 5.38. The van der Waals surface area contributed by atoms with Crippen LogP contribution in [0.2, 0.25) is 0 Å². The Kier molecular flexibility index (Phi) is 3.28. The third-order valence-corrected chi connectivity index (χ3v) is 3.28. The predicted octanol–water partition coefficient (Wildman–Crippen LogP) is 0.861. The number of hydrogen-bond acceptors (Lipinski definition) is 4. The summed E-state index contributed by atoms with van der Waals surface area (Å²) in [4.78, 5) is 23.2. The maximum atomic E-state index is 11.9.